The number of rotatable bonds is 2. The van der Waals surface area contributed by atoms with E-state index < -0.39 is 11.5 Å². The molecule has 1 aromatic rings. The molecule has 0 spiro atoms. The van der Waals surface area contributed by atoms with Gasteiger partial charge in [0.05, 0.1) is 18.3 Å². The molecular formula is C6H8N4O2. The van der Waals surface area contributed by atoms with Crippen LogP contribution < -0.4 is 17.0 Å². The highest BCUT2D eigenvalue weighted by Gasteiger charge is 2.04. The maximum absolute atomic E-state index is 10.6. The van der Waals surface area contributed by atoms with Gasteiger partial charge in [-0.2, -0.15) is 0 Å². The van der Waals surface area contributed by atoms with Crippen molar-refractivity contribution in [3.05, 3.63) is 22.2 Å². The van der Waals surface area contributed by atoms with E-state index in [9.17, 15) is 9.59 Å². The zero-order valence-electron chi connectivity index (χ0n) is 6.20. The van der Waals surface area contributed by atoms with Crippen LogP contribution >= 0.6 is 0 Å². The summed E-state index contributed by atoms with van der Waals surface area (Å²) in [6, 6.07) is 0. The lowest BCUT2D eigenvalue weighted by Crippen LogP contribution is -2.19. The second-order valence-electron chi connectivity index (χ2n) is 2.25. The highest BCUT2D eigenvalue weighted by molar-refractivity contribution is 5.77. The first-order valence-corrected chi connectivity index (χ1v) is 3.21. The van der Waals surface area contributed by atoms with E-state index in [0.717, 1.165) is 6.20 Å². The minimum atomic E-state index is -0.541. The minimum Gasteiger partial charge on any atom is -0.384 e. The summed E-state index contributed by atoms with van der Waals surface area (Å²) in [6.45, 7) is 0. The number of nitrogens with one attached hydrogen (secondary N) is 1. The molecule has 0 atom stereocenters. The van der Waals surface area contributed by atoms with Crippen LogP contribution in [-0.4, -0.2) is 15.9 Å². The van der Waals surface area contributed by atoms with Gasteiger partial charge < -0.3 is 16.5 Å². The lowest BCUT2D eigenvalue weighted by molar-refractivity contribution is -0.117. The molecule has 12 heavy (non-hydrogen) atoms. The van der Waals surface area contributed by atoms with Crippen LogP contribution in [0.4, 0.5) is 5.82 Å². The normalized spacial score (nSPS) is 9.67. The van der Waals surface area contributed by atoms with Crippen molar-refractivity contribution in [3.8, 4) is 0 Å². The summed E-state index contributed by atoms with van der Waals surface area (Å²) in [5.74, 6) is -0.456. The van der Waals surface area contributed by atoms with Gasteiger partial charge >= 0.3 is 0 Å². The Morgan fingerprint density at radius 1 is 1.67 bits per heavy atom. The van der Waals surface area contributed by atoms with Gasteiger partial charge in [-0.1, -0.05) is 0 Å². The van der Waals surface area contributed by atoms with E-state index in [0.29, 0.717) is 5.69 Å². The summed E-state index contributed by atoms with van der Waals surface area (Å²) in [6.07, 6.45) is 0.983. The molecule has 1 rings (SSSR count). The first kappa shape index (κ1) is 8.25. The summed E-state index contributed by atoms with van der Waals surface area (Å²) in [7, 11) is 0. The topological polar surface area (TPSA) is 115 Å². The van der Waals surface area contributed by atoms with E-state index >= 15 is 0 Å². The molecule has 0 unspecified atom stereocenters. The molecule has 0 saturated heterocycles. The Balaban J connectivity index is 3.01. The average molecular weight is 168 g/mol. The van der Waals surface area contributed by atoms with Crippen LogP contribution in [0.2, 0.25) is 0 Å². The number of H-pyrrole nitrogens is 1. The number of hydrogen-bond donors (Lipinski definition) is 3. The number of nitrogen functional groups attached to an aromatic ring is 1. The predicted octanol–water partition coefficient (Wildman–Crippen LogP) is -1.62. The maximum atomic E-state index is 10.6. The van der Waals surface area contributed by atoms with E-state index in [2.05, 4.69) is 9.97 Å². The quantitative estimate of drug-likeness (QED) is 0.492. The number of anilines is 1. The Hall–Kier alpha value is -1.85. The zero-order valence-corrected chi connectivity index (χ0v) is 6.20. The zero-order chi connectivity index (χ0) is 9.14. The van der Waals surface area contributed by atoms with Gasteiger partial charge in [-0.05, 0) is 0 Å². The van der Waals surface area contributed by atoms with E-state index in [1.54, 1.807) is 0 Å². The molecule has 5 N–H and O–H groups in total. The number of carbonyl (C=O) groups is 1. The summed E-state index contributed by atoms with van der Waals surface area (Å²) < 4.78 is 0. The summed E-state index contributed by atoms with van der Waals surface area (Å²) in [5, 5.41) is 0. The standard InChI is InChI=1S/C6H8N4O2/c7-4(11)1-3-6(8)10-5(12)2-9-3/h2H,1H2,(H2,7,11)(H3,8,10,12). The molecule has 0 saturated carbocycles. The lowest BCUT2D eigenvalue weighted by Gasteiger charge is -1.99. The van der Waals surface area contributed by atoms with Gasteiger partial charge in [-0.3, -0.25) is 14.6 Å². The van der Waals surface area contributed by atoms with Gasteiger partial charge in [0.1, 0.15) is 5.82 Å². The van der Waals surface area contributed by atoms with Gasteiger partial charge in [0.15, 0.2) is 0 Å². The van der Waals surface area contributed by atoms with E-state index in [1.165, 1.54) is 0 Å². The molecule has 0 aliphatic carbocycles. The molecule has 64 valence electrons. The first-order chi connectivity index (χ1) is 5.59. The van der Waals surface area contributed by atoms with Crippen LogP contribution in [-0.2, 0) is 11.2 Å². The monoisotopic (exact) mass is 168 g/mol. The Labute approximate surface area is 67.6 Å². The molecule has 1 heterocycles. The van der Waals surface area contributed by atoms with Crippen molar-refractivity contribution in [2.24, 2.45) is 5.73 Å². The van der Waals surface area contributed by atoms with Gasteiger partial charge in [0, 0.05) is 0 Å². The molecule has 6 nitrogen and oxygen atoms in total. The lowest BCUT2D eigenvalue weighted by atomic mass is 10.3. The second-order valence-corrected chi connectivity index (χ2v) is 2.25. The highest BCUT2D eigenvalue weighted by atomic mass is 16.1. The fourth-order valence-corrected chi connectivity index (χ4v) is 0.749. The van der Waals surface area contributed by atoms with Crippen molar-refractivity contribution in [3.63, 3.8) is 0 Å². The van der Waals surface area contributed by atoms with Crippen LogP contribution in [0, 0.1) is 0 Å². The number of nitrogens with zero attached hydrogens (tertiary/aromatic N) is 1. The van der Waals surface area contributed by atoms with Gasteiger partial charge in [0.25, 0.3) is 5.56 Å². The van der Waals surface area contributed by atoms with E-state index in [-0.39, 0.29) is 12.2 Å². The molecule has 0 aromatic carbocycles. The van der Waals surface area contributed by atoms with Crippen LogP contribution in [0.1, 0.15) is 5.69 Å². The number of nitrogens with two attached hydrogens (primary N) is 2. The second kappa shape index (κ2) is 3.04. The third-order valence-electron chi connectivity index (χ3n) is 1.25. The summed E-state index contributed by atoms with van der Waals surface area (Å²) >= 11 is 0. The maximum Gasteiger partial charge on any atom is 0.267 e. The molecule has 0 radical (unpaired) electrons. The third-order valence-corrected chi connectivity index (χ3v) is 1.25. The SMILES string of the molecule is NC(=O)Cc1ncc(=O)[nH]c1N. The molecule has 0 aliphatic heterocycles. The molecule has 1 amide bonds. The van der Waals surface area contributed by atoms with Crippen LogP contribution in [0.25, 0.3) is 0 Å². The highest BCUT2D eigenvalue weighted by Crippen LogP contribution is 2.00. The van der Waals surface area contributed by atoms with Crippen LogP contribution in [0.3, 0.4) is 0 Å². The van der Waals surface area contributed by atoms with Crippen molar-refractivity contribution in [1.29, 1.82) is 0 Å². The number of carbonyl (C=O) groups excluding carboxylic acids is 1. The van der Waals surface area contributed by atoms with Gasteiger partial charge in [-0.15, -0.1) is 0 Å². The minimum absolute atomic E-state index is 0.0669. The number of primary amides is 1. The van der Waals surface area contributed by atoms with E-state index in [4.69, 9.17) is 11.5 Å². The summed E-state index contributed by atoms with van der Waals surface area (Å²) in [4.78, 5) is 27.0. The Morgan fingerprint density at radius 2 is 2.33 bits per heavy atom. The van der Waals surface area contributed by atoms with Crippen molar-refractivity contribution < 1.29 is 4.79 Å². The number of amides is 1. The van der Waals surface area contributed by atoms with Crippen molar-refractivity contribution >= 4 is 11.7 Å². The fraction of sp³-hybridized carbons (Fsp3) is 0.167. The smallest absolute Gasteiger partial charge is 0.267 e. The number of aromatic nitrogens is 2. The molecule has 0 fully saturated rings. The van der Waals surface area contributed by atoms with Crippen molar-refractivity contribution in [1.82, 2.24) is 9.97 Å². The molecule has 0 aliphatic rings. The molecule has 6 heteroatoms. The van der Waals surface area contributed by atoms with Gasteiger partial charge in [-0.25, -0.2) is 0 Å². The fourth-order valence-electron chi connectivity index (χ4n) is 0.749. The molecule has 1 aromatic heterocycles. The number of hydrogen-bond acceptors (Lipinski definition) is 4. The Bertz CT molecular complexity index is 357. The van der Waals surface area contributed by atoms with Gasteiger partial charge in [0.2, 0.25) is 5.91 Å². The molecular weight excluding hydrogens is 160 g/mol. The predicted molar refractivity (Wildman–Crippen MR) is 42.2 cm³/mol. The third kappa shape index (κ3) is 1.82. The largest absolute Gasteiger partial charge is 0.384 e. The van der Waals surface area contributed by atoms with Crippen LogP contribution in [0.15, 0.2) is 11.0 Å². The summed E-state index contributed by atoms with van der Waals surface area (Å²) in [5.41, 5.74) is 10.1. The average Bonchev–Trinajstić information content (AvgIpc) is 1.94. The van der Waals surface area contributed by atoms with Crippen molar-refractivity contribution in [2.45, 2.75) is 6.42 Å². The van der Waals surface area contributed by atoms with Crippen molar-refractivity contribution in [2.75, 3.05) is 5.73 Å². The first-order valence-electron chi connectivity index (χ1n) is 3.21. The Kier molecular flexibility index (Phi) is 2.09. The van der Waals surface area contributed by atoms with Crippen LogP contribution in [0.5, 0.6) is 0 Å². The van der Waals surface area contributed by atoms with E-state index in [1.807, 2.05) is 0 Å². The number of aromatic amines is 1. The Morgan fingerprint density at radius 3 is 2.83 bits per heavy atom. The molecule has 0 bridgehead atoms.